The molecule has 0 saturated carbocycles. The third-order valence-electron chi connectivity index (χ3n) is 3.33. The van der Waals surface area contributed by atoms with E-state index in [2.05, 4.69) is 34.3 Å². The van der Waals surface area contributed by atoms with E-state index in [-0.39, 0.29) is 6.03 Å². The van der Waals surface area contributed by atoms with E-state index in [1.54, 1.807) is 13.2 Å². The molecule has 0 aliphatic heterocycles. The number of rotatable bonds is 7. The number of nitrogens with one attached hydrogen (secondary N) is 3. The van der Waals surface area contributed by atoms with Gasteiger partial charge in [-0.3, -0.25) is 5.10 Å². The number of carbonyl (C=O) groups is 1. The second kappa shape index (κ2) is 8.03. The Balaban J connectivity index is 2.35. The van der Waals surface area contributed by atoms with Gasteiger partial charge in [0.25, 0.3) is 0 Å². The van der Waals surface area contributed by atoms with Gasteiger partial charge in [0, 0.05) is 12.1 Å². The summed E-state index contributed by atoms with van der Waals surface area (Å²) >= 11 is 0. The minimum atomic E-state index is -0.284. The van der Waals surface area contributed by atoms with Crippen molar-refractivity contribution in [3.05, 3.63) is 42.6 Å². The minimum absolute atomic E-state index is 0.284. The van der Waals surface area contributed by atoms with Crippen LogP contribution in [0.2, 0.25) is 0 Å². The number of hydrogen-bond acceptors (Lipinski definition) is 3. The molecule has 6 heteroatoms. The van der Waals surface area contributed by atoms with Gasteiger partial charge in [0.05, 0.1) is 18.5 Å². The molecule has 0 radical (unpaired) electrons. The summed E-state index contributed by atoms with van der Waals surface area (Å²) in [5, 5.41) is 13.0. The molecule has 0 aliphatic carbocycles. The summed E-state index contributed by atoms with van der Waals surface area (Å²) < 4.78 is 5.26. The average molecular weight is 314 g/mol. The first kappa shape index (κ1) is 16.6. The molecule has 0 bridgehead atoms. The second-order valence-corrected chi connectivity index (χ2v) is 5.03. The second-order valence-electron chi connectivity index (χ2n) is 5.03. The molecule has 2 aromatic rings. The van der Waals surface area contributed by atoms with Gasteiger partial charge in [-0.05, 0) is 18.6 Å². The molecular weight excluding hydrogens is 292 g/mol. The normalized spacial score (nSPS) is 10.2. The average Bonchev–Trinajstić information content (AvgIpc) is 2.96. The van der Waals surface area contributed by atoms with Crippen LogP contribution in [0.3, 0.4) is 0 Å². The molecule has 23 heavy (non-hydrogen) atoms. The molecule has 1 aromatic heterocycles. The highest BCUT2D eigenvalue weighted by atomic mass is 16.5. The topological polar surface area (TPSA) is 79.0 Å². The Kier molecular flexibility index (Phi) is 5.80. The van der Waals surface area contributed by atoms with E-state index in [4.69, 9.17) is 4.74 Å². The predicted octanol–water partition coefficient (Wildman–Crippen LogP) is 3.35. The lowest BCUT2D eigenvalue weighted by atomic mass is 10.1. The number of nitrogens with zero attached hydrogens (tertiary/aromatic N) is 1. The Morgan fingerprint density at radius 2 is 2.30 bits per heavy atom. The van der Waals surface area contributed by atoms with Crippen molar-refractivity contribution in [1.29, 1.82) is 0 Å². The number of methoxy groups -OCH3 is 1. The van der Waals surface area contributed by atoms with Crippen LogP contribution in [-0.4, -0.2) is 29.9 Å². The molecule has 1 aromatic carbocycles. The zero-order valence-corrected chi connectivity index (χ0v) is 13.5. The highest BCUT2D eigenvalue weighted by molar-refractivity contribution is 5.94. The molecule has 0 unspecified atom stereocenters. The SMILES string of the molecule is C=CCNC(=O)Nc1c(-c2cccc(OC)c2)n[nH]c1CCC. The summed E-state index contributed by atoms with van der Waals surface area (Å²) in [4.78, 5) is 12.0. The van der Waals surface area contributed by atoms with Crippen LogP contribution < -0.4 is 15.4 Å². The van der Waals surface area contributed by atoms with Crippen LogP contribution in [0.25, 0.3) is 11.3 Å². The maximum atomic E-state index is 12.0. The molecular formula is C17H22N4O2. The summed E-state index contributed by atoms with van der Waals surface area (Å²) in [5.41, 5.74) is 3.17. The largest absolute Gasteiger partial charge is 0.497 e. The number of benzene rings is 1. The summed E-state index contributed by atoms with van der Waals surface area (Å²) in [6.45, 7) is 6.07. The van der Waals surface area contributed by atoms with Crippen molar-refractivity contribution in [3.63, 3.8) is 0 Å². The van der Waals surface area contributed by atoms with E-state index in [1.807, 2.05) is 24.3 Å². The van der Waals surface area contributed by atoms with Gasteiger partial charge in [0.2, 0.25) is 0 Å². The van der Waals surface area contributed by atoms with Crippen molar-refractivity contribution >= 4 is 11.7 Å². The van der Waals surface area contributed by atoms with Gasteiger partial charge in [0.1, 0.15) is 11.4 Å². The molecule has 0 fully saturated rings. The lowest BCUT2D eigenvalue weighted by Gasteiger charge is -2.09. The van der Waals surface area contributed by atoms with Crippen LogP contribution in [0.15, 0.2) is 36.9 Å². The van der Waals surface area contributed by atoms with Crippen LogP contribution in [0.5, 0.6) is 5.75 Å². The lowest BCUT2D eigenvalue weighted by Crippen LogP contribution is -2.29. The summed E-state index contributed by atoms with van der Waals surface area (Å²) in [5.74, 6) is 0.740. The molecule has 0 aliphatic rings. The zero-order chi connectivity index (χ0) is 16.7. The Morgan fingerprint density at radius 3 is 3.00 bits per heavy atom. The van der Waals surface area contributed by atoms with E-state index < -0.39 is 0 Å². The Hall–Kier alpha value is -2.76. The van der Waals surface area contributed by atoms with E-state index in [0.717, 1.165) is 29.8 Å². The molecule has 2 rings (SSSR count). The molecule has 0 saturated heterocycles. The number of amides is 2. The lowest BCUT2D eigenvalue weighted by molar-refractivity contribution is 0.253. The van der Waals surface area contributed by atoms with Crippen LogP contribution in [0.1, 0.15) is 19.0 Å². The fraction of sp³-hybridized carbons (Fsp3) is 0.294. The number of H-pyrrole nitrogens is 1. The Morgan fingerprint density at radius 1 is 1.48 bits per heavy atom. The summed E-state index contributed by atoms with van der Waals surface area (Å²) in [6, 6.07) is 7.30. The fourth-order valence-electron chi connectivity index (χ4n) is 2.25. The number of aromatic amines is 1. The smallest absolute Gasteiger partial charge is 0.319 e. The van der Waals surface area contributed by atoms with Crippen LogP contribution in [0, 0.1) is 0 Å². The van der Waals surface area contributed by atoms with Gasteiger partial charge in [-0.15, -0.1) is 6.58 Å². The third kappa shape index (κ3) is 4.12. The van der Waals surface area contributed by atoms with Gasteiger partial charge >= 0.3 is 6.03 Å². The molecule has 0 atom stereocenters. The number of anilines is 1. The number of hydrogen-bond donors (Lipinski definition) is 3. The number of aryl methyl sites for hydroxylation is 1. The summed E-state index contributed by atoms with van der Waals surface area (Å²) in [7, 11) is 1.62. The van der Waals surface area contributed by atoms with Crippen molar-refractivity contribution in [2.24, 2.45) is 0 Å². The fourth-order valence-corrected chi connectivity index (χ4v) is 2.25. The number of ether oxygens (including phenoxy) is 1. The first-order valence-corrected chi connectivity index (χ1v) is 7.57. The van der Waals surface area contributed by atoms with Crippen LogP contribution >= 0.6 is 0 Å². The van der Waals surface area contributed by atoms with Gasteiger partial charge in [-0.25, -0.2) is 4.79 Å². The first-order chi connectivity index (χ1) is 11.2. The summed E-state index contributed by atoms with van der Waals surface area (Å²) in [6.07, 6.45) is 3.38. The van der Waals surface area contributed by atoms with Gasteiger partial charge in [0.15, 0.2) is 0 Å². The van der Waals surface area contributed by atoms with Crippen molar-refractivity contribution < 1.29 is 9.53 Å². The van der Waals surface area contributed by atoms with Crippen molar-refractivity contribution in [2.75, 3.05) is 19.0 Å². The van der Waals surface area contributed by atoms with E-state index in [1.165, 1.54) is 0 Å². The standard InChI is InChI=1S/C17H22N4O2/c1-4-7-14-16(19-17(22)18-10-5-2)15(21-20-14)12-8-6-9-13(11-12)23-3/h5-6,8-9,11H,2,4,7,10H2,1,3H3,(H,20,21)(H2,18,19,22). The highest BCUT2D eigenvalue weighted by Gasteiger charge is 2.17. The number of urea groups is 1. The molecule has 1 heterocycles. The molecule has 2 amide bonds. The monoisotopic (exact) mass is 314 g/mol. The number of aromatic nitrogens is 2. The molecule has 6 nitrogen and oxygen atoms in total. The molecule has 3 N–H and O–H groups in total. The van der Waals surface area contributed by atoms with Crippen molar-refractivity contribution in [2.45, 2.75) is 19.8 Å². The van der Waals surface area contributed by atoms with Gasteiger partial charge in [-0.1, -0.05) is 31.6 Å². The maximum Gasteiger partial charge on any atom is 0.319 e. The minimum Gasteiger partial charge on any atom is -0.497 e. The zero-order valence-electron chi connectivity index (χ0n) is 13.5. The van der Waals surface area contributed by atoms with Gasteiger partial charge < -0.3 is 15.4 Å². The van der Waals surface area contributed by atoms with Crippen LogP contribution in [-0.2, 0) is 6.42 Å². The number of carbonyl (C=O) groups excluding carboxylic acids is 1. The van der Waals surface area contributed by atoms with Crippen molar-refractivity contribution in [1.82, 2.24) is 15.5 Å². The van der Waals surface area contributed by atoms with Crippen molar-refractivity contribution in [3.8, 4) is 17.0 Å². The molecule has 122 valence electrons. The van der Waals surface area contributed by atoms with E-state index in [0.29, 0.717) is 17.9 Å². The Labute approximate surface area is 135 Å². The molecule has 0 spiro atoms. The van der Waals surface area contributed by atoms with Gasteiger partial charge in [-0.2, -0.15) is 5.10 Å². The highest BCUT2D eigenvalue weighted by Crippen LogP contribution is 2.31. The van der Waals surface area contributed by atoms with Crippen LogP contribution in [0.4, 0.5) is 10.5 Å². The first-order valence-electron chi connectivity index (χ1n) is 7.57. The van der Waals surface area contributed by atoms with E-state index >= 15 is 0 Å². The predicted molar refractivity (Wildman–Crippen MR) is 91.8 cm³/mol. The quantitative estimate of drug-likeness (QED) is 0.686. The maximum absolute atomic E-state index is 12.0. The third-order valence-corrected chi connectivity index (χ3v) is 3.33. The van der Waals surface area contributed by atoms with E-state index in [9.17, 15) is 4.79 Å². The Bertz CT molecular complexity index is 679.